The Hall–Kier alpha value is -1.86. The summed E-state index contributed by atoms with van der Waals surface area (Å²) in [5, 5.41) is 2.84. The highest BCUT2D eigenvalue weighted by atomic mass is 79.9. The molecule has 2 aromatic carbocycles. The Balaban J connectivity index is 2.10. The molecule has 0 aliphatic heterocycles. The molecule has 2 rings (SSSR count). The molecule has 0 saturated carbocycles. The number of halogens is 1. The van der Waals surface area contributed by atoms with E-state index in [-0.39, 0.29) is 10.8 Å². The van der Waals surface area contributed by atoms with E-state index in [9.17, 15) is 13.2 Å². The summed E-state index contributed by atoms with van der Waals surface area (Å²) < 4.78 is 28.1. The van der Waals surface area contributed by atoms with Gasteiger partial charge >= 0.3 is 0 Å². The van der Waals surface area contributed by atoms with Crippen LogP contribution in [0.4, 0.5) is 5.69 Å². The van der Waals surface area contributed by atoms with Crippen molar-refractivity contribution in [2.24, 2.45) is 5.92 Å². The molecule has 2 N–H and O–H groups in total. The van der Waals surface area contributed by atoms with Crippen LogP contribution in [0.3, 0.4) is 0 Å². The minimum absolute atomic E-state index is 0.155. The minimum Gasteiger partial charge on any atom is -0.352 e. The summed E-state index contributed by atoms with van der Waals surface area (Å²) in [6, 6.07) is 12.8. The average molecular weight is 425 g/mol. The largest absolute Gasteiger partial charge is 0.352 e. The van der Waals surface area contributed by atoms with Gasteiger partial charge in [-0.3, -0.25) is 9.52 Å². The molecule has 1 amide bonds. The van der Waals surface area contributed by atoms with Crippen LogP contribution in [0.1, 0.15) is 30.6 Å². The number of amides is 1. The summed E-state index contributed by atoms with van der Waals surface area (Å²) in [7, 11) is -3.70. The zero-order valence-corrected chi connectivity index (χ0v) is 16.5. The number of hydrogen-bond acceptors (Lipinski definition) is 3. The van der Waals surface area contributed by atoms with E-state index in [1.165, 1.54) is 18.2 Å². The lowest BCUT2D eigenvalue weighted by Gasteiger charge is -2.10. The van der Waals surface area contributed by atoms with Gasteiger partial charge in [-0.2, -0.15) is 0 Å². The molecule has 0 unspecified atom stereocenters. The first kappa shape index (κ1) is 19.5. The molecule has 0 spiro atoms. The molecule has 25 heavy (non-hydrogen) atoms. The van der Waals surface area contributed by atoms with Crippen molar-refractivity contribution < 1.29 is 13.2 Å². The molecule has 134 valence electrons. The number of nitrogens with one attached hydrogen (secondary N) is 2. The van der Waals surface area contributed by atoms with Gasteiger partial charge in [-0.15, -0.1) is 0 Å². The van der Waals surface area contributed by atoms with Gasteiger partial charge < -0.3 is 5.32 Å². The van der Waals surface area contributed by atoms with Crippen molar-refractivity contribution in [1.82, 2.24) is 5.32 Å². The summed E-state index contributed by atoms with van der Waals surface area (Å²) in [5.74, 6) is 0.287. The van der Waals surface area contributed by atoms with E-state index in [2.05, 4.69) is 39.8 Å². The number of anilines is 1. The molecule has 0 atom stereocenters. The van der Waals surface area contributed by atoms with Gasteiger partial charge in [0.15, 0.2) is 0 Å². The van der Waals surface area contributed by atoms with Crippen LogP contribution >= 0.6 is 15.9 Å². The van der Waals surface area contributed by atoms with Gasteiger partial charge in [0.05, 0.1) is 4.90 Å². The predicted molar refractivity (Wildman–Crippen MR) is 103 cm³/mol. The van der Waals surface area contributed by atoms with Crippen LogP contribution < -0.4 is 10.0 Å². The number of carbonyl (C=O) groups excluding carboxylic acids is 1. The van der Waals surface area contributed by atoms with Crippen molar-refractivity contribution in [3.8, 4) is 0 Å². The Morgan fingerprint density at radius 3 is 2.44 bits per heavy atom. The van der Waals surface area contributed by atoms with Gasteiger partial charge in [0.2, 0.25) is 0 Å². The third-order valence-corrected chi connectivity index (χ3v) is 5.43. The van der Waals surface area contributed by atoms with Crippen molar-refractivity contribution in [3.63, 3.8) is 0 Å². The molecule has 0 aliphatic rings. The Morgan fingerprint density at radius 2 is 1.80 bits per heavy atom. The Labute approximate surface area is 157 Å². The van der Waals surface area contributed by atoms with Gasteiger partial charge in [-0.25, -0.2) is 8.42 Å². The number of rotatable bonds is 7. The molecule has 0 aliphatic carbocycles. The molecule has 5 nitrogen and oxygen atoms in total. The van der Waals surface area contributed by atoms with Gasteiger partial charge in [0.1, 0.15) is 0 Å². The van der Waals surface area contributed by atoms with Crippen LogP contribution in [0.15, 0.2) is 57.9 Å². The lowest BCUT2D eigenvalue weighted by molar-refractivity contribution is 0.0952. The van der Waals surface area contributed by atoms with Crippen LogP contribution in [0.2, 0.25) is 0 Å². The second-order valence-electron chi connectivity index (χ2n) is 6.08. The highest BCUT2D eigenvalue weighted by Crippen LogP contribution is 2.19. The summed E-state index contributed by atoms with van der Waals surface area (Å²) in [6.45, 7) is 4.76. The minimum atomic E-state index is -3.70. The van der Waals surface area contributed by atoms with E-state index in [0.29, 0.717) is 23.7 Å². The maximum Gasteiger partial charge on any atom is 0.261 e. The Morgan fingerprint density at radius 1 is 1.12 bits per heavy atom. The summed E-state index contributed by atoms with van der Waals surface area (Å²) in [4.78, 5) is 12.3. The van der Waals surface area contributed by atoms with E-state index in [1.54, 1.807) is 30.3 Å². The summed E-state index contributed by atoms with van der Waals surface area (Å²) in [5.41, 5.74) is 0.763. The summed E-state index contributed by atoms with van der Waals surface area (Å²) in [6.07, 6.45) is 0.891. The van der Waals surface area contributed by atoms with Crippen LogP contribution in [0, 0.1) is 5.92 Å². The fraction of sp³-hybridized carbons (Fsp3) is 0.278. The molecule has 7 heteroatoms. The molecule has 0 radical (unpaired) electrons. The molecule has 0 bridgehead atoms. The molecule has 0 saturated heterocycles. The fourth-order valence-corrected chi connectivity index (χ4v) is 3.44. The molecular weight excluding hydrogens is 404 g/mol. The maximum absolute atomic E-state index is 12.4. The van der Waals surface area contributed by atoms with Crippen molar-refractivity contribution in [2.75, 3.05) is 11.3 Å². The van der Waals surface area contributed by atoms with Gasteiger partial charge in [0, 0.05) is 22.3 Å². The summed E-state index contributed by atoms with van der Waals surface area (Å²) >= 11 is 3.27. The molecular formula is C18H21BrN2O3S. The second-order valence-corrected chi connectivity index (χ2v) is 8.68. The highest BCUT2D eigenvalue weighted by Gasteiger charge is 2.15. The first-order chi connectivity index (χ1) is 11.8. The molecule has 0 aromatic heterocycles. The first-order valence-electron chi connectivity index (χ1n) is 7.94. The van der Waals surface area contributed by atoms with Gasteiger partial charge in [0.25, 0.3) is 15.9 Å². The number of sulfonamides is 1. The topological polar surface area (TPSA) is 75.3 Å². The van der Waals surface area contributed by atoms with Gasteiger partial charge in [-0.05, 0) is 54.8 Å². The zero-order chi connectivity index (χ0) is 18.4. The zero-order valence-electron chi connectivity index (χ0n) is 14.1. The van der Waals surface area contributed by atoms with E-state index >= 15 is 0 Å². The number of benzene rings is 2. The first-order valence-corrected chi connectivity index (χ1v) is 10.2. The predicted octanol–water partition coefficient (Wildman–Crippen LogP) is 4.03. The van der Waals surface area contributed by atoms with Crippen molar-refractivity contribution in [1.29, 1.82) is 0 Å². The van der Waals surface area contributed by atoms with E-state index in [1.807, 2.05) is 0 Å². The fourth-order valence-electron chi connectivity index (χ4n) is 2.13. The Bertz CT molecular complexity index is 834. The standard InChI is InChI=1S/C18H21BrN2O3S/c1-13(2)10-11-20-18(22)14-4-3-5-16(12-14)21-25(23,24)17-8-6-15(19)7-9-17/h3-9,12-13,21H,10-11H2,1-2H3,(H,20,22). The molecule has 2 aromatic rings. The molecule has 0 heterocycles. The van der Waals surface area contributed by atoms with E-state index in [4.69, 9.17) is 0 Å². The SMILES string of the molecule is CC(C)CCNC(=O)c1cccc(NS(=O)(=O)c2ccc(Br)cc2)c1. The van der Waals surface area contributed by atoms with Crippen LogP contribution in [0.5, 0.6) is 0 Å². The van der Waals surface area contributed by atoms with E-state index in [0.717, 1.165) is 10.9 Å². The van der Waals surface area contributed by atoms with Crippen molar-refractivity contribution >= 4 is 37.5 Å². The smallest absolute Gasteiger partial charge is 0.261 e. The second kappa shape index (κ2) is 8.49. The quantitative estimate of drug-likeness (QED) is 0.704. The Kier molecular flexibility index (Phi) is 6.61. The van der Waals surface area contributed by atoms with Crippen molar-refractivity contribution in [2.45, 2.75) is 25.2 Å². The maximum atomic E-state index is 12.4. The average Bonchev–Trinajstić information content (AvgIpc) is 2.54. The van der Waals surface area contributed by atoms with Crippen LogP contribution in [-0.2, 0) is 10.0 Å². The molecule has 0 fully saturated rings. The number of carbonyl (C=O) groups is 1. The lowest BCUT2D eigenvalue weighted by atomic mass is 10.1. The third kappa shape index (κ3) is 5.86. The van der Waals surface area contributed by atoms with E-state index < -0.39 is 10.0 Å². The third-order valence-electron chi connectivity index (χ3n) is 3.51. The van der Waals surface area contributed by atoms with Crippen LogP contribution in [-0.4, -0.2) is 20.9 Å². The van der Waals surface area contributed by atoms with Gasteiger partial charge in [-0.1, -0.05) is 35.8 Å². The highest BCUT2D eigenvalue weighted by molar-refractivity contribution is 9.10. The van der Waals surface area contributed by atoms with Crippen LogP contribution in [0.25, 0.3) is 0 Å². The van der Waals surface area contributed by atoms with Crippen molar-refractivity contribution in [3.05, 3.63) is 58.6 Å². The monoisotopic (exact) mass is 424 g/mol. The normalized spacial score (nSPS) is 11.4. The lowest BCUT2D eigenvalue weighted by Crippen LogP contribution is -2.25. The number of hydrogen-bond donors (Lipinski definition) is 2.